The molecule has 0 aliphatic rings. The Hall–Kier alpha value is -1.53. The molecule has 0 amide bonds. The van der Waals surface area contributed by atoms with Gasteiger partial charge in [-0.1, -0.05) is 60.7 Å². The van der Waals surface area contributed by atoms with Crippen molar-refractivity contribution < 1.29 is 12.9 Å². The van der Waals surface area contributed by atoms with Crippen molar-refractivity contribution in [2.45, 2.75) is 19.5 Å². The molecule has 0 radical (unpaired) electrons. The summed E-state index contributed by atoms with van der Waals surface area (Å²) in [4.78, 5) is 2.31. The first-order valence-electron chi connectivity index (χ1n) is 7.28. The van der Waals surface area contributed by atoms with Gasteiger partial charge in [0, 0.05) is 19.6 Å². The minimum absolute atomic E-state index is 0.281. The second-order valence-electron chi connectivity index (χ2n) is 5.07. The smallest absolute Gasteiger partial charge is 0.295 e. The van der Waals surface area contributed by atoms with Crippen LogP contribution in [0.1, 0.15) is 17.5 Å². The molecular formula is C17H21NO3S. The number of hydrogen-bond acceptors (Lipinski definition) is 3. The Morgan fingerprint density at radius 1 is 0.909 bits per heavy atom. The lowest BCUT2D eigenvalue weighted by Crippen LogP contribution is -2.25. The van der Waals surface area contributed by atoms with Crippen LogP contribution in [0.3, 0.4) is 0 Å². The minimum Gasteiger partial charge on any atom is -0.295 e. The fourth-order valence-electron chi connectivity index (χ4n) is 2.32. The normalized spacial score (nSPS) is 12.5. The first-order chi connectivity index (χ1) is 10.7. The van der Waals surface area contributed by atoms with Gasteiger partial charge in [-0.2, -0.15) is 4.21 Å². The van der Waals surface area contributed by atoms with Gasteiger partial charge in [-0.25, -0.2) is 0 Å². The molecule has 0 aliphatic heterocycles. The summed E-state index contributed by atoms with van der Waals surface area (Å²) in [6.07, 6.45) is 0.714. The summed E-state index contributed by atoms with van der Waals surface area (Å²) in [7, 11) is 0. The first kappa shape index (κ1) is 16.8. The number of hydrogen-bond donors (Lipinski definition) is 1. The molecule has 0 fully saturated rings. The van der Waals surface area contributed by atoms with Gasteiger partial charge in [0.05, 0.1) is 6.61 Å². The van der Waals surface area contributed by atoms with Crippen molar-refractivity contribution in [2.24, 2.45) is 0 Å². The molecule has 0 saturated heterocycles. The van der Waals surface area contributed by atoms with E-state index in [0.717, 1.165) is 19.6 Å². The van der Waals surface area contributed by atoms with Crippen LogP contribution in [-0.2, 0) is 28.6 Å². The van der Waals surface area contributed by atoms with E-state index in [2.05, 4.69) is 29.2 Å². The molecule has 1 unspecified atom stereocenters. The Kier molecular flexibility index (Phi) is 7.25. The van der Waals surface area contributed by atoms with Crippen LogP contribution >= 0.6 is 0 Å². The summed E-state index contributed by atoms with van der Waals surface area (Å²) < 4.78 is 23.8. The Bertz CT molecular complexity index is 521. The predicted molar refractivity (Wildman–Crippen MR) is 88.3 cm³/mol. The molecule has 2 aromatic carbocycles. The van der Waals surface area contributed by atoms with Crippen molar-refractivity contribution in [3.63, 3.8) is 0 Å². The van der Waals surface area contributed by atoms with E-state index in [0.29, 0.717) is 6.42 Å². The molecule has 1 atom stereocenters. The largest absolute Gasteiger partial charge is 0.301 e. The van der Waals surface area contributed by atoms with Crippen molar-refractivity contribution in [2.75, 3.05) is 13.2 Å². The third-order valence-electron chi connectivity index (χ3n) is 3.30. The third-order valence-corrected chi connectivity index (χ3v) is 3.67. The molecule has 0 aliphatic carbocycles. The lowest BCUT2D eigenvalue weighted by atomic mass is 10.1. The molecule has 4 nitrogen and oxygen atoms in total. The zero-order valence-electron chi connectivity index (χ0n) is 12.4. The van der Waals surface area contributed by atoms with Crippen molar-refractivity contribution >= 4 is 11.4 Å². The first-order valence-corrected chi connectivity index (χ1v) is 8.31. The molecule has 5 heteroatoms. The summed E-state index contributed by atoms with van der Waals surface area (Å²) in [5.74, 6) is 0. The summed E-state index contributed by atoms with van der Waals surface area (Å²) in [5.41, 5.74) is 2.51. The highest BCUT2D eigenvalue weighted by Crippen LogP contribution is 2.10. The SMILES string of the molecule is O=S(O)OCCCN(Cc1ccccc1)Cc1ccccc1. The summed E-state index contributed by atoms with van der Waals surface area (Å²) in [6, 6.07) is 20.6. The van der Waals surface area contributed by atoms with Crippen molar-refractivity contribution in [1.82, 2.24) is 4.90 Å². The molecule has 1 N–H and O–H groups in total. The number of benzene rings is 2. The molecule has 0 heterocycles. The molecule has 2 aromatic rings. The zero-order valence-corrected chi connectivity index (χ0v) is 13.2. The number of rotatable bonds is 9. The minimum atomic E-state index is -2.17. The molecular weight excluding hydrogens is 298 g/mol. The van der Waals surface area contributed by atoms with Gasteiger partial charge in [-0.15, -0.1) is 0 Å². The van der Waals surface area contributed by atoms with Crippen LogP contribution in [0.5, 0.6) is 0 Å². The van der Waals surface area contributed by atoms with E-state index in [-0.39, 0.29) is 6.61 Å². The van der Waals surface area contributed by atoms with Crippen LogP contribution < -0.4 is 0 Å². The predicted octanol–water partition coefficient (Wildman–Crippen LogP) is 3.23. The van der Waals surface area contributed by atoms with Gasteiger partial charge in [-0.3, -0.25) is 13.6 Å². The third kappa shape index (κ3) is 6.49. The number of nitrogens with zero attached hydrogens (tertiary/aromatic N) is 1. The molecule has 0 saturated carbocycles. The summed E-state index contributed by atoms with van der Waals surface area (Å²) >= 11 is -2.17. The van der Waals surface area contributed by atoms with E-state index >= 15 is 0 Å². The molecule has 22 heavy (non-hydrogen) atoms. The maximum Gasteiger partial charge on any atom is 0.301 e. The fourth-order valence-corrected chi connectivity index (χ4v) is 2.58. The van der Waals surface area contributed by atoms with E-state index in [1.807, 2.05) is 36.4 Å². The fraction of sp³-hybridized carbons (Fsp3) is 0.294. The van der Waals surface area contributed by atoms with Gasteiger partial charge in [-0.05, 0) is 17.5 Å². The van der Waals surface area contributed by atoms with Crippen LogP contribution in [-0.4, -0.2) is 26.8 Å². The lowest BCUT2D eigenvalue weighted by molar-refractivity contribution is 0.221. The van der Waals surface area contributed by atoms with E-state index in [1.165, 1.54) is 11.1 Å². The molecule has 0 aromatic heterocycles. The average molecular weight is 319 g/mol. The molecule has 0 spiro atoms. The van der Waals surface area contributed by atoms with Gasteiger partial charge in [0.1, 0.15) is 0 Å². The van der Waals surface area contributed by atoms with E-state index in [9.17, 15) is 4.21 Å². The molecule has 2 rings (SSSR count). The second kappa shape index (κ2) is 9.48. The van der Waals surface area contributed by atoms with Crippen molar-refractivity contribution in [1.29, 1.82) is 0 Å². The highest BCUT2D eigenvalue weighted by Gasteiger charge is 2.07. The second-order valence-corrected chi connectivity index (χ2v) is 5.74. The quantitative estimate of drug-likeness (QED) is 0.569. The summed E-state index contributed by atoms with van der Waals surface area (Å²) in [6.45, 7) is 2.78. The highest BCUT2D eigenvalue weighted by molar-refractivity contribution is 7.74. The van der Waals surface area contributed by atoms with Gasteiger partial charge >= 0.3 is 11.4 Å². The van der Waals surface area contributed by atoms with Crippen LogP contribution in [0.15, 0.2) is 60.7 Å². The molecule has 118 valence electrons. The van der Waals surface area contributed by atoms with Crippen molar-refractivity contribution in [3.8, 4) is 0 Å². The molecule has 0 bridgehead atoms. The highest BCUT2D eigenvalue weighted by atomic mass is 32.2. The standard InChI is InChI=1S/C17H21NO3S/c19-22(20)21-13-7-12-18(14-16-8-3-1-4-9-16)15-17-10-5-2-6-11-17/h1-6,8-11H,7,12-15H2,(H,19,20). The van der Waals surface area contributed by atoms with Crippen LogP contribution in [0.25, 0.3) is 0 Å². The summed E-state index contributed by atoms with van der Waals surface area (Å²) in [5, 5.41) is 0. The Labute approximate surface area is 134 Å². The monoisotopic (exact) mass is 319 g/mol. The van der Waals surface area contributed by atoms with Gasteiger partial charge in [0.25, 0.3) is 0 Å². The maximum atomic E-state index is 10.5. The van der Waals surface area contributed by atoms with Gasteiger partial charge < -0.3 is 0 Å². The Morgan fingerprint density at radius 2 is 1.41 bits per heavy atom. The van der Waals surface area contributed by atoms with Crippen LogP contribution in [0, 0.1) is 0 Å². The Morgan fingerprint density at radius 3 is 1.86 bits per heavy atom. The van der Waals surface area contributed by atoms with E-state index < -0.39 is 11.4 Å². The van der Waals surface area contributed by atoms with E-state index in [1.54, 1.807) is 0 Å². The zero-order chi connectivity index (χ0) is 15.6. The van der Waals surface area contributed by atoms with E-state index in [4.69, 9.17) is 8.74 Å². The van der Waals surface area contributed by atoms with Crippen LogP contribution in [0.4, 0.5) is 0 Å². The Balaban J connectivity index is 1.92. The van der Waals surface area contributed by atoms with Gasteiger partial charge in [0.15, 0.2) is 0 Å². The van der Waals surface area contributed by atoms with Gasteiger partial charge in [0.2, 0.25) is 0 Å². The lowest BCUT2D eigenvalue weighted by Gasteiger charge is -2.22. The topological polar surface area (TPSA) is 49.8 Å². The van der Waals surface area contributed by atoms with Crippen molar-refractivity contribution in [3.05, 3.63) is 71.8 Å². The average Bonchev–Trinajstić information content (AvgIpc) is 2.53. The maximum absolute atomic E-state index is 10.5. The van der Waals surface area contributed by atoms with Crippen LogP contribution in [0.2, 0.25) is 0 Å².